The van der Waals surface area contributed by atoms with Crippen molar-refractivity contribution in [3.05, 3.63) is 48.6 Å². The van der Waals surface area contributed by atoms with Crippen LogP contribution in [0.2, 0.25) is 0 Å². The number of carboxylic acid groups (broad SMARTS) is 1. The number of unbranched alkanes of at least 4 members (excludes halogenated alkanes) is 4. The molecule has 1 unspecified atom stereocenters. The van der Waals surface area contributed by atoms with E-state index in [9.17, 15) is 9.59 Å². The van der Waals surface area contributed by atoms with Crippen molar-refractivity contribution in [3.8, 4) is 0 Å². The van der Waals surface area contributed by atoms with Crippen LogP contribution in [0.5, 0.6) is 0 Å². The van der Waals surface area contributed by atoms with Crippen LogP contribution in [0, 0.1) is 0 Å². The molecule has 0 radical (unpaired) electrons. The summed E-state index contributed by atoms with van der Waals surface area (Å²) in [4.78, 5) is 22.2. The monoisotopic (exact) mass is 418 g/mol. The molecule has 0 saturated carbocycles. The van der Waals surface area contributed by atoms with E-state index in [0.717, 1.165) is 57.8 Å². The maximum absolute atomic E-state index is 11.7. The molecule has 0 spiro atoms. The van der Waals surface area contributed by atoms with Gasteiger partial charge in [0.2, 0.25) is 0 Å². The Bertz CT molecular complexity index is 543. The van der Waals surface area contributed by atoms with Crippen molar-refractivity contribution in [1.29, 1.82) is 0 Å². The van der Waals surface area contributed by atoms with Gasteiger partial charge in [-0.3, -0.25) is 9.59 Å². The van der Waals surface area contributed by atoms with E-state index in [4.69, 9.17) is 9.84 Å². The Kier molecular flexibility index (Phi) is 20.1. The van der Waals surface area contributed by atoms with Gasteiger partial charge in [-0.05, 0) is 64.7 Å². The number of hydrogen-bond donors (Lipinski definition) is 1. The second kappa shape index (κ2) is 21.6. The number of ether oxygens (including phenoxy) is 1. The van der Waals surface area contributed by atoms with E-state index in [1.807, 2.05) is 6.92 Å². The third-order valence-electron chi connectivity index (χ3n) is 4.55. The Morgan fingerprint density at radius 2 is 1.33 bits per heavy atom. The molecule has 1 atom stereocenters. The lowest BCUT2D eigenvalue weighted by molar-refractivity contribution is -0.148. The van der Waals surface area contributed by atoms with Crippen molar-refractivity contribution in [2.45, 2.75) is 103 Å². The molecule has 0 aliphatic heterocycles. The molecule has 1 N–H and O–H groups in total. The zero-order valence-electron chi connectivity index (χ0n) is 19.1. The second-order valence-corrected chi connectivity index (χ2v) is 7.54. The third kappa shape index (κ3) is 22.2. The summed E-state index contributed by atoms with van der Waals surface area (Å²) in [6.45, 7) is 3.97. The van der Waals surface area contributed by atoms with Crippen LogP contribution in [0.3, 0.4) is 0 Å². The van der Waals surface area contributed by atoms with Crippen LogP contribution in [0.15, 0.2) is 48.6 Å². The summed E-state index contributed by atoms with van der Waals surface area (Å²) in [5, 5.41) is 8.60. The molecule has 0 aromatic heterocycles. The number of aliphatic carboxylic acids is 1. The van der Waals surface area contributed by atoms with E-state index >= 15 is 0 Å². The lowest BCUT2D eigenvalue weighted by Crippen LogP contribution is -2.15. The fourth-order valence-corrected chi connectivity index (χ4v) is 2.87. The SMILES string of the molecule is CC/C=C\C/C=C\C/C=C\C/C=C\CCCCCCC(=O)OC(C)CCCC(=O)O. The average Bonchev–Trinajstić information content (AvgIpc) is 2.70. The van der Waals surface area contributed by atoms with Crippen molar-refractivity contribution in [3.63, 3.8) is 0 Å². The van der Waals surface area contributed by atoms with Crippen LogP contribution in [0.1, 0.15) is 97.3 Å². The molecule has 4 heteroatoms. The van der Waals surface area contributed by atoms with Gasteiger partial charge in [0.05, 0.1) is 6.10 Å². The average molecular weight is 419 g/mol. The van der Waals surface area contributed by atoms with Crippen LogP contribution < -0.4 is 0 Å². The van der Waals surface area contributed by atoms with Gasteiger partial charge in [-0.1, -0.05) is 68.4 Å². The minimum absolute atomic E-state index is 0.126. The zero-order chi connectivity index (χ0) is 22.3. The summed E-state index contributed by atoms with van der Waals surface area (Å²) in [5.41, 5.74) is 0. The number of carbonyl (C=O) groups excluding carboxylic acids is 1. The van der Waals surface area contributed by atoms with Gasteiger partial charge in [-0.15, -0.1) is 0 Å². The zero-order valence-corrected chi connectivity index (χ0v) is 19.1. The van der Waals surface area contributed by atoms with Gasteiger partial charge in [-0.25, -0.2) is 0 Å². The van der Waals surface area contributed by atoms with Gasteiger partial charge < -0.3 is 9.84 Å². The van der Waals surface area contributed by atoms with Crippen LogP contribution in [-0.2, 0) is 14.3 Å². The Hall–Kier alpha value is -2.10. The number of allylic oxidation sites excluding steroid dienone is 8. The van der Waals surface area contributed by atoms with Gasteiger partial charge in [0, 0.05) is 12.8 Å². The van der Waals surface area contributed by atoms with Crippen LogP contribution >= 0.6 is 0 Å². The first-order chi connectivity index (χ1) is 14.6. The Labute approximate surface area is 183 Å². The van der Waals surface area contributed by atoms with Crippen LogP contribution in [-0.4, -0.2) is 23.1 Å². The van der Waals surface area contributed by atoms with Crippen LogP contribution in [0.25, 0.3) is 0 Å². The Morgan fingerprint density at radius 1 is 0.767 bits per heavy atom. The maximum atomic E-state index is 11.7. The number of carbonyl (C=O) groups is 2. The second-order valence-electron chi connectivity index (χ2n) is 7.54. The van der Waals surface area contributed by atoms with E-state index in [0.29, 0.717) is 19.3 Å². The standard InChI is InChI=1S/C26H42O4/c1-3-4-5-6-7-8-9-10-11-12-13-14-15-16-17-18-19-23-26(29)30-24(2)21-20-22-25(27)28/h4-5,7-8,10-11,13-14,24H,3,6,9,12,15-23H2,1-2H3,(H,27,28)/b5-4-,8-7-,11-10-,14-13-. The molecule has 0 rings (SSSR count). The molecule has 30 heavy (non-hydrogen) atoms. The van der Waals surface area contributed by atoms with E-state index in [2.05, 4.69) is 55.5 Å². The lowest BCUT2D eigenvalue weighted by Gasteiger charge is -2.12. The Morgan fingerprint density at radius 3 is 1.93 bits per heavy atom. The molecular formula is C26H42O4. The quantitative estimate of drug-likeness (QED) is 0.136. The van der Waals surface area contributed by atoms with Gasteiger partial charge >= 0.3 is 11.9 Å². The number of carboxylic acids is 1. The molecule has 0 aromatic carbocycles. The molecule has 0 aliphatic carbocycles. The van der Waals surface area contributed by atoms with E-state index in [1.54, 1.807) is 0 Å². The fourth-order valence-electron chi connectivity index (χ4n) is 2.87. The van der Waals surface area contributed by atoms with Crippen molar-refractivity contribution >= 4 is 11.9 Å². The van der Waals surface area contributed by atoms with Gasteiger partial charge in [-0.2, -0.15) is 0 Å². The molecule has 0 amide bonds. The minimum Gasteiger partial charge on any atom is -0.481 e. The van der Waals surface area contributed by atoms with Crippen LogP contribution in [0.4, 0.5) is 0 Å². The molecular weight excluding hydrogens is 376 g/mol. The predicted octanol–water partition coefficient (Wildman–Crippen LogP) is 7.32. The highest BCUT2D eigenvalue weighted by molar-refractivity contribution is 5.69. The summed E-state index contributed by atoms with van der Waals surface area (Å²) in [6.07, 6.45) is 28.5. The smallest absolute Gasteiger partial charge is 0.306 e. The first-order valence-corrected chi connectivity index (χ1v) is 11.6. The maximum Gasteiger partial charge on any atom is 0.306 e. The molecule has 4 nitrogen and oxygen atoms in total. The topological polar surface area (TPSA) is 63.6 Å². The first-order valence-electron chi connectivity index (χ1n) is 11.6. The highest BCUT2D eigenvalue weighted by Gasteiger charge is 2.09. The molecule has 0 aromatic rings. The highest BCUT2D eigenvalue weighted by atomic mass is 16.5. The summed E-state index contributed by atoms with van der Waals surface area (Å²) in [7, 11) is 0. The van der Waals surface area contributed by atoms with E-state index in [-0.39, 0.29) is 18.5 Å². The van der Waals surface area contributed by atoms with Crippen molar-refractivity contribution in [2.24, 2.45) is 0 Å². The van der Waals surface area contributed by atoms with Crippen molar-refractivity contribution in [2.75, 3.05) is 0 Å². The third-order valence-corrected chi connectivity index (χ3v) is 4.55. The van der Waals surface area contributed by atoms with Crippen molar-refractivity contribution < 1.29 is 19.4 Å². The molecule has 0 aliphatic rings. The van der Waals surface area contributed by atoms with Gasteiger partial charge in [0.25, 0.3) is 0 Å². The first kappa shape index (κ1) is 27.9. The number of rotatable bonds is 19. The number of esters is 1. The van der Waals surface area contributed by atoms with Gasteiger partial charge in [0.15, 0.2) is 0 Å². The summed E-state index contributed by atoms with van der Waals surface area (Å²) >= 11 is 0. The highest BCUT2D eigenvalue weighted by Crippen LogP contribution is 2.10. The lowest BCUT2D eigenvalue weighted by atomic mass is 10.1. The minimum atomic E-state index is -0.807. The van der Waals surface area contributed by atoms with E-state index < -0.39 is 5.97 Å². The summed E-state index contributed by atoms with van der Waals surface area (Å²) in [6, 6.07) is 0. The van der Waals surface area contributed by atoms with Gasteiger partial charge in [0.1, 0.15) is 0 Å². The molecule has 0 saturated heterocycles. The predicted molar refractivity (Wildman–Crippen MR) is 125 cm³/mol. The molecule has 0 bridgehead atoms. The molecule has 0 heterocycles. The molecule has 170 valence electrons. The van der Waals surface area contributed by atoms with Crippen molar-refractivity contribution in [1.82, 2.24) is 0 Å². The Balaban J connectivity index is 3.49. The fraction of sp³-hybridized carbons (Fsp3) is 0.615. The molecule has 0 fully saturated rings. The normalized spacial score (nSPS) is 13.1. The number of hydrogen-bond acceptors (Lipinski definition) is 3. The summed E-state index contributed by atoms with van der Waals surface area (Å²) < 4.78 is 5.30. The largest absolute Gasteiger partial charge is 0.481 e. The van der Waals surface area contributed by atoms with E-state index in [1.165, 1.54) is 0 Å². The summed E-state index contributed by atoms with van der Waals surface area (Å²) in [5.74, 6) is -0.976.